The molecule has 1 atom stereocenters. The van der Waals surface area contributed by atoms with Crippen LogP contribution in [0, 0.1) is 0 Å². The van der Waals surface area contributed by atoms with Crippen LogP contribution in [0.3, 0.4) is 0 Å². The van der Waals surface area contributed by atoms with Crippen molar-refractivity contribution >= 4 is 17.4 Å². The topological polar surface area (TPSA) is 79.7 Å². The Morgan fingerprint density at radius 3 is 2.48 bits per heavy atom. The molecule has 168 valence electrons. The number of benzene rings is 2. The van der Waals surface area contributed by atoms with Crippen molar-refractivity contribution in [1.29, 1.82) is 0 Å². The van der Waals surface area contributed by atoms with E-state index < -0.39 is 17.7 Å². The number of likely N-dealkylation sites (tertiary alicyclic amines) is 1. The number of methoxy groups -OCH3 is 1. The molecule has 3 aromatic rings. The minimum Gasteiger partial charge on any atom is -0.507 e. The number of Topliss-reactive ketones (excluding diaryl/α,β-unsaturated/α-hetero) is 1. The Morgan fingerprint density at radius 2 is 1.85 bits per heavy atom. The van der Waals surface area contributed by atoms with Crippen LogP contribution in [0.4, 0.5) is 0 Å². The molecule has 2 heterocycles. The molecule has 6 nitrogen and oxygen atoms in total. The lowest BCUT2D eigenvalue weighted by Gasteiger charge is -2.25. The summed E-state index contributed by atoms with van der Waals surface area (Å²) in [7, 11) is 1.53. The Kier molecular flexibility index (Phi) is 6.27. The summed E-state index contributed by atoms with van der Waals surface area (Å²) in [6.45, 7) is 4.41. The maximum Gasteiger partial charge on any atom is 0.295 e. The first kappa shape index (κ1) is 22.3. The summed E-state index contributed by atoms with van der Waals surface area (Å²) < 4.78 is 5.26. The minimum absolute atomic E-state index is 0.0643. The highest BCUT2D eigenvalue weighted by Crippen LogP contribution is 2.40. The largest absolute Gasteiger partial charge is 0.507 e. The van der Waals surface area contributed by atoms with Gasteiger partial charge in [0.15, 0.2) is 0 Å². The average Bonchev–Trinajstić information content (AvgIpc) is 3.09. The Labute approximate surface area is 193 Å². The van der Waals surface area contributed by atoms with Crippen LogP contribution in [0.15, 0.2) is 78.6 Å². The van der Waals surface area contributed by atoms with Gasteiger partial charge in [-0.1, -0.05) is 56.3 Å². The van der Waals surface area contributed by atoms with E-state index in [0.717, 1.165) is 16.7 Å². The number of hydrogen-bond acceptors (Lipinski definition) is 5. The number of hydrogen-bond donors (Lipinski definition) is 1. The van der Waals surface area contributed by atoms with Crippen LogP contribution in [-0.4, -0.2) is 33.8 Å². The summed E-state index contributed by atoms with van der Waals surface area (Å²) >= 11 is 0. The van der Waals surface area contributed by atoms with Gasteiger partial charge in [0.2, 0.25) is 0 Å². The molecule has 0 radical (unpaired) electrons. The number of aliphatic hydroxyl groups excluding tert-OH is 1. The zero-order valence-electron chi connectivity index (χ0n) is 18.9. The van der Waals surface area contributed by atoms with Gasteiger partial charge < -0.3 is 14.7 Å². The van der Waals surface area contributed by atoms with Gasteiger partial charge in [0.25, 0.3) is 11.7 Å². The summed E-state index contributed by atoms with van der Waals surface area (Å²) in [4.78, 5) is 31.9. The first-order valence-corrected chi connectivity index (χ1v) is 10.8. The van der Waals surface area contributed by atoms with Gasteiger partial charge in [-0.3, -0.25) is 14.6 Å². The Bertz CT molecular complexity index is 1200. The maximum atomic E-state index is 13.2. The Balaban J connectivity index is 1.85. The molecular weight excluding hydrogens is 416 g/mol. The Hall–Kier alpha value is -3.93. The lowest BCUT2D eigenvalue weighted by molar-refractivity contribution is -0.140. The second kappa shape index (κ2) is 9.28. The predicted octanol–water partition coefficient (Wildman–Crippen LogP) is 4.84. The monoisotopic (exact) mass is 442 g/mol. The SMILES string of the molecule is COc1cccc(/C(O)=C2\C(=O)C(=O)N(Cc3cccnc3)[C@H]2c2ccc(C(C)C)cc2)c1. The molecule has 0 bridgehead atoms. The molecule has 1 aliphatic rings. The number of carbonyl (C=O) groups excluding carboxylic acids is 2. The third kappa shape index (κ3) is 4.37. The highest BCUT2D eigenvalue weighted by molar-refractivity contribution is 6.46. The zero-order valence-corrected chi connectivity index (χ0v) is 18.9. The van der Waals surface area contributed by atoms with E-state index in [4.69, 9.17) is 4.74 Å². The van der Waals surface area contributed by atoms with Crippen LogP contribution >= 0.6 is 0 Å². The molecule has 6 heteroatoms. The molecule has 0 spiro atoms. The van der Waals surface area contributed by atoms with E-state index in [1.54, 1.807) is 42.7 Å². The van der Waals surface area contributed by atoms with E-state index in [1.165, 1.54) is 12.0 Å². The second-order valence-electron chi connectivity index (χ2n) is 8.34. The van der Waals surface area contributed by atoms with Crippen molar-refractivity contribution in [3.05, 3.63) is 101 Å². The number of pyridine rings is 1. The summed E-state index contributed by atoms with van der Waals surface area (Å²) in [5, 5.41) is 11.2. The van der Waals surface area contributed by atoms with Gasteiger partial charge in [-0.05, 0) is 40.8 Å². The lowest BCUT2D eigenvalue weighted by Crippen LogP contribution is -2.29. The summed E-state index contributed by atoms with van der Waals surface area (Å²) in [5.74, 6) is -0.698. The van der Waals surface area contributed by atoms with Crippen molar-refractivity contribution < 1.29 is 19.4 Å². The van der Waals surface area contributed by atoms with E-state index >= 15 is 0 Å². The molecule has 1 amide bonds. The normalized spacial score (nSPS) is 17.6. The molecular formula is C27H26N2O4. The number of ether oxygens (including phenoxy) is 1. The van der Waals surface area contributed by atoms with Crippen LogP contribution < -0.4 is 4.74 Å². The third-order valence-electron chi connectivity index (χ3n) is 5.88. The number of rotatable bonds is 6. The first-order valence-electron chi connectivity index (χ1n) is 10.8. The van der Waals surface area contributed by atoms with Crippen molar-refractivity contribution in [3.63, 3.8) is 0 Å². The first-order chi connectivity index (χ1) is 15.9. The van der Waals surface area contributed by atoms with Crippen LogP contribution in [0.1, 0.15) is 48.1 Å². The molecule has 2 aromatic carbocycles. The van der Waals surface area contributed by atoms with Gasteiger partial charge in [-0.2, -0.15) is 0 Å². The van der Waals surface area contributed by atoms with Gasteiger partial charge >= 0.3 is 0 Å². The molecule has 0 unspecified atom stereocenters. The van der Waals surface area contributed by atoms with Crippen molar-refractivity contribution in [2.24, 2.45) is 0 Å². The molecule has 1 N–H and O–H groups in total. The van der Waals surface area contributed by atoms with Gasteiger partial charge in [0.05, 0.1) is 18.7 Å². The maximum absolute atomic E-state index is 13.2. The van der Waals surface area contributed by atoms with E-state index in [-0.39, 0.29) is 17.9 Å². The van der Waals surface area contributed by atoms with Gasteiger partial charge in [0, 0.05) is 24.5 Å². The standard InChI is InChI=1S/C27H26N2O4/c1-17(2)19-9-11-20(12-10-19)24-23(25(30)21-7-4-8-22(14-21)33-3)26(31)27(32)29(24)16-18-6-5-13-28-15-18/h4-15,17,24,30H,16H2,1-3H3/b25-23+/t24-/m0/s1. The number of carbonyl (C=O) groups is 2. The smallest absolute Gasteiger partial charge is 0.295 e. The molecule has 0 aliphatic carbocycles. The quantitative estimate of drug-likeness (QED) is 0.336. The fraction of sp³-hybridized carbons (Fsp3) is 0.222. The van der Waals surface area contributed by atoms with E-state index in [0.29, 0.717) is 17.2 Å². The highest BCUT2D eigenvalue weighted by Gasteiger charge is 2.46. The van der Waals surface area contributed by atoms with Crippen molar-refractivity contribution in [2.75, 3.05) is 7.11 Å². The average molecular weight is 443 g/mol. The number of nitrogens with zero attached hydrogens (tertiary/aromatic N) is 2. The lowest BCUT2D eigenvalue weighted by atomic mass is 9.93. The molecule has 1 saturated heterocycles. The van der Waals surface area contributed by atoms with Crippen LogP contribution in [0.25, 0.3) is 5.76 Å². The summed E-state index contributed by atoms with van der Waals surface area (Å²) in [6, 6.07) is 17.5. The third-order valence-corrected chi connectivity index (χ3v) is 5.88. The predicted molar refractivity (Wildman–Crippen MR) is 126 cm³/mol. The van der Waals surface area contributed by atoms with E-state index in [2.05, 4.69) is 18.8 Å². The molecule has 0 saturated carbocycles. The van der Waals surface area contributed by atoms with Gasteiger partial charge in [-0.15, -0.1) is 0 Å². The van der Waals surface area contributed by atoms with Crippen molar-refractivity contribution in [1.82, 2.24) is 9.88 Å². The molecule has 4 rings (SSSR count). The Morgan fingerprint density at radius 1 is 1.09 bits per heavy atom. The number of aromatic nitrogens is 1. The molecule has 1 aliphatic heterocycles. The van der Waals surface area contributed by atoms with Crippen LogP contribution in [0.2, 0.25) is 0 Å². The number of amides is 1. The number of ketones is 1. The van der Waals surface area contributed by atoms with Gasteiger partial charge in [-0.25, -0.2) is 0 Å². The minimum atomic E-state index is -0.724. The number of aliphatic hydroxyl groups is 1. The molecule has 1 aromatic heterocycles. The highest BCUT2D eigenvalue weighted by atomic mass is 16.5. The van der Waals surface area contributed by atoms with E-state index in [1.807, 2.05) is 30.3 Å². The van der Waals surface area contributed by atoms with Crippen LogP contribution in [-0.2, 0) is 16.1 Å². The summed E-state index contributed by atoms with van der Waals surface area (Å²) in [5.41, 5.74) is 3.18. The molecule has 33 heavy (non-hydrogen) atoms. The fourth-order valence-corrected chi connectivity index (χ4v) is 4.07. The van der Waals surface area contributed by atoms with Crippen molar-refractivity contribution in [3.8, 4) is 5.75 Å². The molecule has 1 fully saturated rings. The second-order valence-corrected chi connectivity index (χ2v) is 8.34. The van der Waals surface area contributed by atoms with E-state index in [9.17, 15) is 14.7 Å². The van der Waals surface area contributed by atoms with Gasteiger partial charge in [0.1, 0.15) is 11.5 Å². The zero-order chi connectivity index (χ0) is 23.5. The van der Waals surface area contributed by atoms with Crippen LogP contribution in [0.5, 0.6) is 5.75 Å². The fourth-order valence-electron chi connectivity index (χ4n) is 4.07. The summed E-state index contributed by atoms with van der Waals surface area (Å²) in [6.07, 6.45) is 3.32. The van der Waals surface area contributed by atoms with Crippen molar-refractivity contribution in [2.45, 2.75) is 32.4 Å².